The van der Waals surface area contributed by atoms with E-state index in [-0.39, 0.29) is 6.61 Å². The summed E-state index contributed by atoms with van der Waals surface area (Å²) in [7, 11) is 3.10. The highest BCUT2D eigenvalue weighted by Gasteiger charge is 2.04. The third-order valence-corrected chi connectivity index (χ3v) is 3.99. The van der Waals surface area contributed by atoms with E-state index in [9.17, 15) is 4.79 Å². The predicted molar refractivity (Wildman–Crippen MR) is 103 cm³/mol. The smallest absolute Gasteiger partial charge is 0.224 e. The summed E-state index contributed by atoms with van der Waals surface area (Å²) < 4.78 is 10.2. The van der Waals surface area contributed by atoms with Crippen molar-refractivity contribution in [2.24, 2.45) is 0 Å². The highest BCUT2D eigenvalue weighted by Crippen LogP contribution is 2.22. The molecule has 0 atom stereocenters. The second-order valence-electron chi connectivity index (χ2n) is 5.67. The number of carbonyl (C=O) groups is 1. The minimum Gasteiger partial charge on any atom is -0.480 e. The maximum Gasteiger partial charge on any atom is 0.224 e. The summed E-state index contributed by atoms with van der Waals surface area (Å²) >= 11 is 0. The highest BCUT2D eigenvalue weighted by atomic mass is 16.5. The van der Waals surface area contributed by atoms with Gasteiger partial charge in [-0.15, -0.1) is 0 Å². The largest absolute Gasteiger partial charge is 0.480 e. The number of aromatic nitrogens is 4. The summed E-state index contributed by atoms with van der Waals surface area (Å²) in [6.07, 6.45) is 3.67. The summed E-state index contributed by atoms with van der Waals surface area (Å²) in [6, 6.07) is 10.7. The minimum absolute atomic E-state index is 0.00793. The Balaban J connectivity index is 0.000000161. The zero-order chi connectivity index (χ0) is 19.9. The van der Waals surface area contributed by atoms with E-state index < -0.39 is 0 Å². The fraction of sp³-hybridized carbons (Fsp3) is 0.150. The van der Waals surface area contributed by atoms with Gasteiger partial charge < -0.3 is 14.6 Å². The SMILES string of the molecule is COc1ncnc2ccc(C=O)cc12.COc1ncnc2ccc(CO)cc12. The molecule has 8 heteroatoms. The summed E-state index contributed by atoms with van der Waals surface area (Å²) in [5, 5.41) is 10.5. The second-order valence-corrected chi connectivity index (χ2v) is 5.67. The summed E-state index contributed by atoms with van der Waals surface area (Å²) in [5.74, 6) is 1.02. The van der Waals surface area contributed by atoms with Crippen molar-refractivity contribution in [3.05, 3.63) is 60.2 Å². The highest BCUT2D eigenvalue weighted by molar-refractivity contribution is 5.89. The molecule has 8 nitrogen and oxygen atoms in total. The third kappa shape index (κ3) is 4.02. The van der Waals surface area contributed by atoms with Gasteiger partial charge >= 0.3 is 0 Å². The van der Waals surface area contributed by atoms with Gasteiger partial charge in [0, 0.05) is 5.56 Å². The molecule has 0 saturated carbocycles. The van der Waals surface area contributed by atoms with Crippen LogP contribution >= 0.6 is 0 Å². The molecule has 1 N–H and O–H groups in total. The Kier molecular flexibility index (Phi) is 6.03. The molecule has 0 spiro atoms. The van der Waals surface area contributed by atoms with E-state index in [1.807, 2.05) is 18.2 Å². The number of hydrogen-bond donors (Lipinski definition) is 1. The molecule has 0 radical (unpaired) electrons. The lowest BCUT2D eigenvalue weighted by molar-refractivity contribution is 0.112. The molecule has 2 heterocycles. The molecule has 0 aliphatic rings. The molecule has 0 amide bonds. The Morgan fingerprint density at radius 3 is 1.96 bits per heavy atom. The van der Waals surface area contributed by atoms with Gasteiger partial charge in [-0.1, -0.05) is 6.07 Å². The van der Waals surface area contributed by atoms with Crippen molar-refractivity contribution in [1.82, 2.24) is 19.9 Å². The molecule has 0 saturated heterocycles. The normalized spacial score (nSPS) is 10.2. The Morgan fingerprint density at radius 2 is 1.43 bits per heavy atom. The lowest BCUT2D eigenvalue weighted by Gasteiger charge is -2.04. The number of fused-ring (bicyclic) bond motifs is 2. The molecule has 2 aromatic heterocycles. The van der Waals surface area contributed by atoms with Crippen LogP contribution in [0.2, 0.25) is 0 Å². The quantitative estimate of drug-likeness (QED) is 0.540. The molecular weight excluding hydrogens is 360 g/mol. The molecule has 142 valence electrons. The lowest BCUT2D eigenvalue weighted by Crippen LogP contribution is -1.92. The maximum atomic E-state index is 10.6. The maximum absolute atomic E-state index is 10.6. The fourth-order valence-corrected chi connectivity index (χ4v) is 2.63. The van der Waals surface area contributed by atoms with Crippen LogP contribution in [0, 0.1) is 0 Å². The van der Waals surface area contributed by atoms with Gasteiger partial charge in [-0.25, -0.2) is 19.9 Å². The van der Waals surface area contributed by atoms with E-state index in [0.29, 0.717) is 17.3 Å². The van der Waals surface area contributed by atoms with E-state index in [1.54, 1.807) is 25.3 Å². The van der Waals surface area contributed by atoms with E-state index in [1.165, 1.54) is 19.8 Å². The van der Waals surface area contributed by atoms with E-state index in [4.69, 9.17) is 14.6 Å². The molecule has 0 fully saturated rings. The topological polar surface area (TPSA) is 107 Å². The van der Waals surface area contributed by atoms with E-state index >= 15 is 0 Å². The van der Waals surface area contributed by atoms with Crippen LogP contribution in [0.1, 0.15) is 15.9 Å². The van der Waals surface area contributed by atoms with Gasteiger partial charge in [-0.05, 0) is 35.9 Å². The van der Waals surface area contributed by atoms with E-state index in [0.717, 1.165) is 33.7 Å². The van der Waals surface area contributed by atoms with Crippen LogP contribution in [0.4, 0.5) is 0 Å². The Labute approximate surface area is 160 Å². The number of rotatable bonds is 4. The predicted octanol–water partition coefficient (Wildman–Crippen LogP) is 2.58. The molecule has 28 heavy (non-hydrogen) atoms. The molecule has 0 aliphatic heterocycles. The molecule has 4 aromatic rings. The van der Waals surface area contributed by atoms with Gasteiger partial charge in [0.25, 0.3) is 0 Å². The van der Waals surface area contributed by atoms with Gasteiger partial charge in [0.1, 0.15) is 18.9 Å². The number of aliphatic hydroxyl groups excluding tert-OH is 1. The average molecular weight is 378 g/mol. The number of aliphatic hydroxyl groups is 1. The summed E-state index contributed by atoms with van der Waals surface area (Å²) in [6.45, 7) is 0.00793. The van der Waals surface area contributed by atoms with Gasteiger partial charge in [0.15, 0.2) is 0 Å². The number of benzene rings is 2. The van der Waals surface area contributed by atoms with Gasteiger partial charge in [-0.2, -0.15) is 0 Å². The molecule has 0 bridgehead atoms. The van der Waals surface area contributed by atoms with Crippen LogP contribution in [0.3, 0.4) is 0 Å². The fourth-order valence-electron chi connectivity index (χ4n) is 2.63. The molecule has 0 aliphatic carbocycles. The average Bonchev–Trinajstić information content (AvgIpc) is 2.77. The summed E-state index contributed by atoms with van der Waals surface area (Å²) in [4.78, 5) is 26.7. The van der Waals surface area contributed by atoms with Crippen molar-refractivity contribution in [1.29, 1.82) is 0 Å². The van der Waals surface area contributed by atoms with Crippen LogP contribution in [0.5, 0.6) is 11.8 Å². The number of nitrogens with zero attached hydrogens (tertiary/aromatic N) is 4. The third-order valence-electron chi connectivity index (χ3n) is 3.99. The van der Waals surface area contributed by atoms with Crippen molar-refractivity contribution < 1.29 is 19.4 Å². The number of ether oxygens (including phenoxy) is 2. The number of hydrogen-bond acceptors (Lipinski definition) is 8. The zero-order valence-electron chi connectivity index (χ0n) is 15.4. The van der Waals surface area contributed by atoms with Gasteiger partial charge in [0.05, 0.1) is 42.6 Å². The van der Waals surface area contributed by atoms with Crippen molar-refractivity contribution in [3.63, 3.8) is 0 Å². The first-order chi connectivity index (χ1) is 13.7. The minimum atomic E-state index is 0.00793. The van der Waals surface area contributed by atoms with Crippen LogP contribution in [0.25, 0.3) is 21.8 Å². The number of carbonyl (C=O) groups excluding carboxylic acids is 1. The van der Waals surface area contributed by atoms with Crippen LogP contribution < -0.4 is 9.47 Å². The van der Waals surface area contributed by atoms with Gasteiger partial charge in [-0.3, -0.25) is 4.79 Å². The number of methoxy groups -OCH3 is 2. The van der Waals surface area contributed by atoms with Crippen LogP contribution in [-0.2, 0) is 6.61 Å². The first kappa shape index (κ1) is 19.1. The Morgan fingerprint density at radius 1 is 0.857 bits per heavy atom. The van der Waals surface area contributed by atoms with Crippen molar-refractivity contribution in [2.75, 3.05) is 14.2 Å². The standard InChI is InChI=1S/C10H10N2O2.C10H8N2O2/c2*1-14-10-8-4-7(5-13)2-3-9(8)11-6-12-10/h2-4,6,13H,5H2,1H3;2-6H,1H3. The van der Waals surface area contributed by atoms with E-state index in [2.05, 4.69) is 19.9 Å². The van der Waals surface area contributed by atoms with Crippen molar-refractivity contribution in [3.8, 4) is 11.8 Å². The van der Waals surface area contributed by atoms with Crippen LogP contribution in [0.15, 0.2) is 49.1 Å². The zero-order valence-corrected chi connectivity index (χ0v) is 15.4. The monoisotopic (exact) mass is 378 g/mol. The first-order valence-corrected chi connectivity index (χ1v) is 8.32. The molecule has 0 unspecified atom stereocenters. The van der Waals surface area contributed by atoms with Gasteiger partial charge in [0.2, 0.25) is 11.8 Å². The van der Waals surface area contributed by atoms with Crippen molar-refractivity contribution >= 4 is 28.1 Å². The molecule has 4 rings (SSSR count). The Bertz CT molecular complexity index is 1120. The number of aldehydes is 1. The first-order valence-electron chi connectivity index (χ1n) is 8.32. The second kappa shape index (κ2) is 8.83. The van der Waals surface area contributed by atoms with Crippen molar-refractivity contribution in [2.45, 2.75) is 6.61 Å². The molecular formula is C20H18N4O4. The molecule has 2 aromatic carbocycles. The Hall–Kier alpha value is -3.65. The summed E-state index contributed by atoms with van der Waals surface area (Å²) in [5.41, 5.74) is 2.99. The lowest BCUT2D eigenvalue weighted by atomic mass is 10.1. The van der Waals surface area contributed by atoms with Crippen LogP contribution in [-0.4, -0.2) is 45.5 Å².